The van der Waals surface area contributed by atoms with E-state index in [9.17, 15) is 19.2 Å². The molecule has 2 N–H and O–H groups in total. The molecule has 2 heterocycles. The third kappa shape index (κ3) is 3.17. The van der Waals surface area contributed by atoms with Gasteiger partial charge >= 0.3 is 0 Å². The van der Waals surface area contributed by atoms with E-state index in [0.717, 1.165) is 24.6 Å². The SMILES string of the molecule is O=C(N[C@H]1CCCC[C@@H]1N1C(=O)CSC1=O)c1ccc[nH]c1=O. The first-order chi connectivity index (χ1) is 11.1. The standard InChI is InChI=1S/C15H17N3O4S/c19-12-8-23-15(22)18(12)11-6-2-1-5-10(11)17-14(21)9-4-3-7-16-13(9)20/h3-4,7,10-11H,1-2,5-6,8H2,(H,16,20)(H,17,21)/t10-,11-/m0/s1. The third-order valence-electron chi connectivity index (χ3n) is 4.22. The highest BCUT2D eigenvalue weighted by molar-refractivity contribution is 8.14. The van der Waals surface area contributed by atoms with Gasteiger partial charge in [0.15, 0.2) is 0 Å². The number of hydrogen-bond acceptors (Lipinski definition) is 5. The molecule has 1 aromatic rings. The first-order valence-corrected chi connectivity index (χ1v) is 8.54. The topological polar surface area (TPSA) is 99.3 Å². The molecule has 0 unspecified atom stereocenters. The van der Waals surface area contributed by atoms with Crippen molar-refractivity contribution in [1.29, 1.82) is 0 Å². The minimum atomic E-state index is -0.476. The fraction of sp³-hybridized carbons (Fsp3) is 0.467. The number of hydrogen-bond donors (Lipinski definition) is 2. The molecule has 23 heavy (non-hydrogen) atoms. The average Bonchev–Trinajstić information content (AvgIpc) is 2.87. The molecule has 0 bridgehead atoms. The number of nitrogens with zero attached hydrogens (tertiary/aromatic N) is 1. The fourth-order valence-electron chi connectivity index (χ4n) is 3.12. The van der Waals surface area contributed by atoms with Gasteiger partial charge in [0.2, 0.25) is 5.91 Å². The predicted octanol–water partition coefficient (Wildman–Crippen LogP) is 1.11. The Kier molecular flexibility index (Phi) is 4.51. The third-order valence-corrected chi connectivity index (χ3v) is 5.06. The Labute approximate surface area is 136 Å². The zero-order chi connectivity index (χ0) is 16.4. The van der Waals surface area contributed by atoms with E-state index in [1.807, 2.05) is 0 Å². The van der Waals surface area contributed by atoms with Crippen LogP contribution in [0.25, 0.3) is 0 Å². The molecule has 0 spiro atoms. The average molecular weight is 335 g/mol. The van der Waals surface area contributed by atoms with Crippen molar-refractivity contribution in [2.75, 3.05) is 5.75 Å². The van der Waals surface area contributed by atoms with Gasteiger partial charge in [0.1, 0.15) is 5.56 Å². The molecule has 3 amide bonds. The van der Waals surface area contributed by atoms with Crippen LogP contribution in [0.5, 0.6) is 0 Å². The second kappa shape index (κ2) is 6.57. The number of carbonyl (C=O) groups excluding carboxylic acids is 3. The quantitative estimate of drug-likeness (QED) is 0.862. The van der Waals surface area contributed by atoms with Gasteiger partial charge in [-0.3, -0.25) is 24.1 Å². The summed E-state index contributed by atoms with van der Waals surface area (Å²) in [5, 5.41) is 2.58. The molecular formula is C15H17N3O4S. The minimum Gasteiger partial charge on any atom is -0.347 e. The largest absolute Gasteiger partial charge is 0.347 e. The number of rotatable bonds is 3. The lowest BCUT2D eigenvalue weighted by Crippen LogP contribution is -2.55. The number of thioether (sulfide) groups is 1. The fourth-order valence-corrected chi connectivity index (χ4v) is 3.88. The summed E-state index contributed by atoms with van der Waals surface area (Å²) in [6.45, 7) is 0. The van der Waals surface area contributed by atoms with E-state index >= 15 is 0 Å². The van der Waals surface area contributed by atoms with E-state index in [1.165, 1.54) is 17.2 Å². The number of amides is 3. The first kappa shape index (κ1) is 15.8. The van der Waals surface area contributed by atoms with E-state index in [4.69, 9.17) is 0 Å². The van der Waals surface area contributed by atoms with Gasteiger partial charge in [0.25, 0.3) is 16.7 Å². The van der Waals surface area contributed by atoms with Crippen molar-refractivity contribution in [1.82, 2.24) is 15.2 Å². The van der Waals surface area contributed by atoms with Crippen LogP contribution in [0.15, 0.2) is 23.1 Å². The van der Waals surface area contributed by atoms with Crippen LogP contribution in [0.4, 0.5) is 4.79 Å². The van der Waals surface area contributed by atoms with Crippen LogP contribution in [-0.4, -0.2) is 44.8 Å². The summed E-state index contributed by atoms with van der Waals surface area (Å²) in [5.74, 6) is -0.520. The highest BCUT2D eigenvalue weighted by Crippen LogP contribution is 2.30. The number of H-pyrrole nitrogens is 1. The minimum absolute atomic E-state index is 0.0327. The summed E-state index contributed by atoms with van der Waals surface area (Å²) >= 11 is 0.997. The Morgan fingerprint density at radius 3 is 2.74 bits per heavy atom. The Bertz CT molecular complexity index is 686. The molecule has 2 aliphatic rings. The van der Waals surface area contributed by atoms with E-state index in [-0.39, 0.29) is 34.5 Å². The van der Waals surface area contributed by atoms with Gasteiger partial charge in [0.05, 0.1) is 17.8 Å². The van der Waals surface area contributed by atoms with Crippen LogP contribution >= 0.6 is 11.8 Å². The molecule has 1 saturated carbocycles. The van der Waals surface area contributed by atoms with Crippen LogP contribution in [0, 0.1) is 0 Å². The smallest absolute Gasteiger partial charge is 0.289 e. The van der Waals surface area contributed by atoms with Crippen LogP contribution in [0.3, 0.4) is 0 Å². The van der Waals surface area contributed by atoms with Crippen molar-refractivity contribution in [3.63, 3.8) is 0 Å². The maximum atomic E-state index is 12.3. The van der Waals surface area contributed by atoms with Gasteiger partial charge in [-0.15, -0.1) is 0 Å². The Morgan fingerprint density at radius 1 is 1.26 bits per heavy atom. The van der Waals surface area contributed by atoms with E-state index < -0.39 is 11.5 Å². The lowest BCUT2D eigenvalue weighted by molar-refractivity contribution is -0.127. The molecule has 1 aromatic heterocycles. The number of aromatic nitrogens is 1. The van der Waals surface area contributed by atoms with Crippen molar-refractivity contribution in [2.24, 2.45) is 0 Å². The van der Waals surface area contributed by atoms with Crippen molar-refractivity contribution in [2.45, 2.75) is 37.8 Å². The molecule has 122 valence electrons. The summed E-state index contributed by atoms with van der Waals surface area (Å²) in [4.78, 5) is 51.7. The Morgan fingerprint density at radius 2 is 2.04 bits per heavy atom. The summed E-state index contributed by atoms with van der Waals surface area (Å²) in [5.41, 5.74) is -0.425. The summed E-state index contributed by atoms with van der Waals surface area (Å²) < 4.78 is 0. The number of carbonyl (C=O) groups is 3. The van der Waals surface area contributed by atoms with Crippen LogP contribution in [-0.2, 0) is 4.79 Å². The van der Waals surface area contributed by atoms with Gasteiger partial charge in [-0.25, -0.2) is 0 Å². The molecule has 3 rings (SSSR count). The first-order valence-electron chi connectivity index (χ1n) is 7.55. The van der Waals surface area contributed by atoms with Gasteiger partial charge in [0, 0.05) is 6.20 Å². The summed E-state index contributed by atoms with van der Waals surface area (Å²) in [7, 11) is 0. The van der Waals surface area contributed by atoms with Gasteiger partial charge in [-0.05, 0) is 25.0 Å². The predicted molar refractivity (Wildman–Crippen MR) is 85.3 cm³/mol. The van der Waals surface area contributed by atoms with Crippen LogP contribution in [0.2, 0.25) is 0 Å². The normalized spacial score (nSPS) is 24.8. The van der Waals surface area contributed by atoms with E-state index in [1.54, 1.807) is 6.07 Å². The van der Waals surface area contributed by atoms with Crippen LogP contribution < -0.4 is 10.9 Å². The van der Waals surface area contributed by atoms with Crippen molar-refractivity contribution in [3.05, 3.63) is 34.2 Å². The van der Waals surface area contributed by atoms with E-state index in [2.05, 4.69) is 10.3 Å². The molecule has 1 aliphatic heterocycles. The van der Waals surface area contributed by atoms with Crippen molar-refractivity contribution in [3.8, 4) is 0 Å². The molecular weight excluding hydrogens is 318 g/mol. The van der Waals surface area contributed by atoms with Gasteiger partial charge in [-0.2, -0.15) is 0 Å². The Hall–Kier alpha value is -2.09. The lowest BCUT2D eigenvalue weighted by atomic mass is 9.89. The molecule has 2 fully saturated rings. The Balaban J connectivity index is 1.78. The number of nitrogens with one attached hydrogen (secondary N) is 2. The highest BCUT2D eigenvalue weighted by atomic mass is 32.2. The summed E-state index contributed by atoms with van der Waals surface area (Å²) in [6.07, 6.45) is 4.64. The molecule has 1 aliphatic carbocycles. The molecule has 8 heteroatoms. The van der Waals surface area contributed by atoms with Gasteiger partial charge in [-0.1, -0.05) is 24.6 Å². The monoisotopic (exact) mass is 335 g/mol. The number of pyridine rings is 1. The molecule has 7 nitrogen and oxygen atoms in total. The van der Waals surface area contributed by atoms with Crippen LogP contribution in [0.1, 0.15) is 36.0 Å². The van der Waals surface area contributed by atoms with Gasteiger partial charge < -0.3 is 10.3 Å². The highest BCUT2D eigenvalue weighted by Gasteiger charge is 2.41. The molecule has 0 radical (unpaired) electrons. The maximum Gasteiger partial charge on any atom is 0.289 e. The second-order valence-corrected chi connectivity index (χ2v) is 6.59. The van der Waals surface area contributed by atoms with Crippen molar-refractivity contribution >= 4 is 28.8 Å². The lowest BCUT2D eigenvalue weighted by Gasteiger charge is -2.36. The molecule has 0 aromatic carbocycles. The zero-order valence-electron chi connectivity index (χ0n) is 12.4. The number of imide groups is 1. The maximum absolute atomic E-state index is 12.3. The van der Waals surface area contributed by atoms with Crippen molar-refractivity contribution < 1.29 is 14.4 Å². The molecule has 2 atom stereocenters. The second-order valence-electron chi connectivity index (χ2n) is 5.66. The zero-order valence-corrected chi connectivity index (χ0v) is 13.2. The summed E-state index contributed by atoms with van der Waals surface area (Å²) in [6, 6.07) is 2.39. The van der Waals surface area contributed by atoms with E-state index in [0.29, 0.717) is 12.8 Å². The molecule has 1 saturated heterocycles. The number of aromatic amines is 1.